The molecular weight excluding hydrogens is 436 g/mol. The highest BCUT2D eigenvalue weighted by atomic mass is 16.5. The van der Waals surface area contributed by atoms with Crippen LogP contribution in [0.2, 0.25) is 0 Å². The number of carbonyl (C=O) groups excluding carboxylic acids is 2. The third-order valence-corrected chi connectivity index (χ3v) is 7.02. The lowest BCUT2D eigenvalue weighted by molar-refractivity contribution is -0.143. The quantitative estimate of drug-likeness (QED) is 0.486. The molecule has 2 amide bonds. The van der Waals surface area contributed by atoms with Crippen LogP contribution in [0.4, 0.5) is 0 Å². The first-order chi connectivity index (χ1) is 16.7. The molecule has 190 valence electrons. The van der Waals surface area contributed by atoms with Gasteiger partial charge in [0.05, 0.1) is 0 Å². The van der Waals surface area contributed by atoms with Crippen molar-refractivity contribution in [3.05, 3.63) is 65.2 Å². The van der Waals surface area contributed by atoms with Crippen molar-refractivity contribution in [1.29, 1.82) is 0 Å². The van der Waals surface area contributed by atoms with Gasteiger partial charge in [-0.25, -0.2) is 0 Å². The van der Waals surface area contributed by atoms with E-state index in [1.807, 2.05) is 62.4 Å². The van der Waals surface area contributed by atoms with Gasteiger partial charge in [-0.15, -0.1) is 0 Å². The molecule has 1 N–H and O–H groups in total. The number of hydrogen-bond donors (Lipinski definition) is 1. The number of rotatable bonds is 9. The Labute approximate surface area is 211 Å². The zero-order chi connectivity index (χ0) is 25.4. The Morgan fingerprint density at radius 3 is 2.29 bits per heavy atom. The molecule has 0 heterocycles. The zero-order valence-electron chi connectivity index (χ0n) is 22.1. The van der Waals surface area contributed by atoms with Crippen molar-refractivity contribution in [2.75, 3.05) is 6.61 Å². The molecule has 0 bridgehead atoms. The molecule has 1 atom stereocenters. The average Bonchev–Trinajstić information content (AvgIpc) is 2.84. The fraction of sp³-hybridized carbons (Fsp3) is 0.533. The van der Waals surface area contributed by atoms with Crippen molar-refractivity contribution < 1.29 is 14.3 Å². The molecule has 3 rings (SSSR count). The summed E-state index contributed by atoms with van der Waals surface area (Å²) in [6.07, 6.45) is 6.11. The van der Waals surface area contributed by atoms with E-state index in [2.05, 4.69) is 26.1 Å². The summed E-state index contributed by atoms with van der Waals surface area (Å²) in [4.78, 5) is 28.5. The Hall–Kier alpha value is -2.82. The topological polar surface area (TPSA) is 58.6 Å². The minimum atomic E-state index is -0.532. The summed E-state index contributed by atoms with van der Waals surface area (Å²) in [6, 6.07) is 15.6. The summed E-state index contributed by atoms with van der Waals surface area (Å²) in [5, 5.41) is 3.23. The molecule has 0 aromatic heterocycles. The van der Waals surface area contributed by atoms with Crippen molar-refractivity contribution in [2.24, 2.45) is 0 Å². The molecule has 1 aliphatic carbocycles. The fourth-order valence-corrected chi connectivity index (χ4v) is 4.71. The zero-order valence-corrected chi connectivity index (χ0v) is 22.1. The number of nitrogens with one attached hydrogen (secondary N) is 1. The normalized spacial score (nSPS) is 15.3. The van der Waals surface area contributed by atoms with E-state index in [1.165, 1.54) is 12.0 Å². The maximum Gasteiger partial charge on any atom is 0.261 e. The summed E-state index contributed by atoms with van der Waals surface area (Å²) in [6.45, 7) is 10.8. The summed E-state index contributed by atoms with van der Waals surface area (Å²) in [7, 11) is 0. The summed E-state index contributed by atoms with van der Waals surface area (Å²) in [5.41, 5.74) is 3.41. The van der Waals surface area contributed by atoms with E-state index >= 15 is 0 Å². The van der Waals surface area contributed by atoms with Crippen LogP contribution >= 0.6 is 0 Å². The Morgan fingerprint density at radius 1 is 1.03 bits per heavy atom. The SMILES string of the molecule is CC[C@@H](C(=O)NC1CCCCC1)N(Cc1ccccc1C)C(=O)COc1ccc(C(C)(C)C)cc1. The molecule has 0 spiro atoms. The van der Waals surface area contributed by atoms with E-state index in [0.717, 1.165) is 36.8 Å². The van der Waals surface area contributed by atoms with Gasteiger partial charge in [0.2, 0.25) is 5.91 Å². The van der Waals surface area contributed by atoms with E-state index in [9.17, 15) is 9.59 Å². The summed E-state index contributed by atoms with van der Waals surface area (Å²) in [5.74, 6) is 0.413. The van der Waals surface area contributed by atoms with E-state index in [0.29, 0.717) is 18.7 Å². The van der Waals surface area contributed by atoms with Gasteiger partial charge >= 0.3 is 0 Å². The second-order valence-corrected chi connectivity index (χ2v) is 10.8. The van der Waals surface area contributed by atoms with Crippen LogP contribution in [0.5, 0.6) is 5.75 Å². The van der Waals surface area contributed by atoms with E-state index in [1.54, 1.807) is 4.90 Å². The molecule has 0 aliphatic heterocycles. The lowest BCUT2D eigenvalue weighted by atomic mass is 9.87. The Balaban J connectivity index is 1.75. The molecule has 0 radical (unpaired) electrons. The first-order valence-corrected chi connectivity index (χ1v) is 13.1. The highest BCUT2D eigenvalue weighted by Gasteiger charge is 2.30. The largest absolute Gasteiger partial charge is 0.484 e. The Morgan fingerprint density at radius 2 is 1.69 bits per heavy atom. The van der Waals surface area contributed by atoms with Gasteiger partial charge in [0, 0.05) is 12.6 Å². The number of amides is 2. The van der Waals surface area contributed by atoms with Crippen LogP contribution in [0.3, 0.4) is 0 Å². The van der Waals surface area contributed by atoms with Gasteiger partial charge in [0.25, 0.3) is 5.91 Å². The minimum absolute atomic E-state index is 0.0543. The Bertz CT molecular complexity index is 972. The minimum Gasteiger partial charge on any atom is -0.484 e. The van der Waals surface area contributed by atoms with E-state index in [-0.39, 0.29) is 29.9 Å². The van der Waals surface area contributed by atoms with Crippen molar-refractivity contribution in [2.45, 2.75) is 97.2 Å². The Kier molecular flexibility index (Phi) is 9.36. The van der Waals surface area contributed by atoms with Crippen LogP contribution < -0.4 is 10.1 Å². The van der Waals surface area contributed by atoms with Gasteiger partial charge in [-0.05, 0) is 60.4 Å². The number of hydrogen-bond acceptors (Lipinski definition) is 3. The molecule has 1 saturated carbocycles. The summed E-state index contributed by atoms with van der Waals surface area (Å²) < 4.78 is 5.89. The van der Waals surface area contributed by atoms with Crippen LogP contribution in [0.25, 0.3) is 0 Å². The molecule has 2 aromatic rings. The van der Waals surface area contributed by atoms with Gasteiger partial charge in [0.15, 0.2) is 6.61 Å². The molecule has 0 saturated heterocycles. The molecule has 5 heteroatoms. The van der Waals surface area contributed by atoms with Gasteiger partial charge < -0.3 is 15.0 Å². The lowest BCUT2D eigenvalue weighted by Gasteiger charge is -2.33. The first kappa shape index (κ1) is 26.8. The van der Waals surface area contributed by atoms with Crippen molar-refractivity contribution in [3.63, 3.8) is 0 Å². The van der Waals surface area contributed by atoms with Gasteiger partial charge in [-0.3, -0.25) is 9.59 Å². The molecule has 0 unspecified atom stereocenters. The smallest absolute Gasteiger partial charge is 0.261 e. The first-order valence-electron chi connectivity index (χ1n) is 13.1. The molecule has 2 aromatic carbocycles. The standard InChI is InChI=1S/C30H42N2O3/c1-6-27(29(34)31-25-14-8-7-9-15-25)32(20-23-13-11-10-12-22(23)2)28(33)21-35-26-18-16-24(17-19-26)30(3,4)5/h10-13,16-19,25,27H,6-9,14-15,20-21H2,1-5H3,(H,31,34)/t27-/m0/s1. The third-order valence-electron chi connectivity index (χ3n) is 7.02. The summed E-state index contributed by atoms with van der Waals surface area (Å²) >= 11 is 0. The number of nitrogens with zero attached hydrogens (tertiary/aromatic N) is 1. The highest BCUT2D eigenvalue weighted by Crippen LogP contribution is 2.25. The van der Waals surface area contributed by atoms with Crippen molar-refractivity contribution >= 4 is 11.8 Å². The second-order valence-electron chi connectivity index (χ2n) is 10.8. The lowest BCUT2D eigenvalue weighted by Crippen LogP contribution is -2.52. The van der Waals surface area contributed by atoms with Crippen LogP contribution in [0, 0.1) is 6.92 Å². The highest BCUT2D eigenvalue weighted by molar-refractivity contribution is 5.88. The fourth-order valence-electron chi connectivity index (χ4n) is 4.71. The second kappa shape index (κ2) is 12.2. The number of aryl methyl sites for hydroxylation is 1. The molecule has 35 heavy (non-hydrogen) atoms. The predicted octanol–water partition coefficient (Wildman–Crippen LogP) is 5.93. The van der Waals surface area contributed by atoms with Crippen LogP contribution in [-0.2, 0) is 21.5 Å². The molecule has 1 fully saturated rings. The maximum absolute atomic E-state index is 13.5. The van der Waals surface area contributed by atoms with Crippen LogP contribution in [0.1, 0.15) is 82.9 Å². The number of ether oxygens (including phenoxy) is 1. The maximum atomic E-state index is 13.5. The van der Waals surface area contributed by atoms with E-state index < -0.39 is 6.04 Å². The molecular formula is C30H42N2O3. The predicted molar refractivity (Wildman–Crippen MR) is 141 cm³/mol. The van der Waals surface area contributed by atoms with Gasteiger partial charge in [0.1, 0.15) is 11.8 Å². The number of benzene rings is 2. The van der Waals surface area contributed by atoms with Gasteiger partial charge in [-0.1, -0.05) is 83.4 Å². The molecule has 5 nitrogen and oxygen atoms in total. The van der Waals surface area contributed by atoms with Gasteiger partial charge in [-0.2, -0.15) is 0 Å². The number of carbonyl (C=O) groups is 2. The van der Waals surface area contributed by atoms with Crippen molar-refractivity contribution in [3.8, 4) is 5.75 Å². The molecule has 1 aliphatic rings. The van der Waals surface area contributed by atoms with Crippen LogP contribution in [0.15, 0.2) is 48.5 Å². The van der Waals surface area contributed by atoms with E-state index in [4.69, 9.17) is 4.74 Å². The monoisotopic (exact) mass is 478 g/mol. The van der Waals surface area contributed by atoms with Crippen LogP contribution in [-0.4, -0.2) is 35.4 Å². The van der Waals surface area contributed by atoms with Crippen molar-refractivity contribution in [1.82, 2.24) is 10.2 Å². The third kappa shape index (κ3) is 7.58. The average molecular weight is 479 g/mol.